The number of esters is 1. The van der Waals surface area contributed by atoms with Crippen molar-refractivity contribution in [3.63, 3.8) is 0 Å². The largest absolute Gasteiger partial charge is 0.493 e. The van der Waals surface area contributed by atoms with Crippen molar-refractivity contribution in [1.82, 2.24) is 10.2 Å². The van der Waals surface area contributed by atoms with Crippen LogP contribution in [0.15, 0.2) is 54.6 Å². The number of carbonyl (C=O) groups excluding carboxylic acids is 3. The summed E-state index contributed by atoms with van der Waals surface area (Å²) < 4.78 is 10.9. The Labute approximate surface area is 194 Å². The number of anilines is 1. The Morgan fingerprint density at radius 2 is 1.94 bits per heavy atom. The SMILES string of the molecule is CCCOC(=O)CC1C(=O)NCCN1CC(=O)Nc1cccc(OCCc2ccccc2)c1. The monoisotopic (exact) mass is 453 g/mol. The minimum absolute atomic E-state index is 0.00175. The molecule has 3 rings (SSSR count). The van der Waals surface area contributed by atoms with Crippen molar-refractivity contribution in [1.29, 1.82) is 0 Å². The van der Waals surface area contributed by atoms with Crippen molar-refractivity contribution in [2.75, 3.05) is 38.2 Å². The fourth-order valence-electron chi connectivity index (χ4n) is 3.59. The molecule has 1 saturated heterocycles. The smallest absolute Gasteiger partial charge is 0.307 e. The molecule has 2 amide bonds. The molecule has 1 atom stereocenters. The zero-order chi connectivity index (χ0) is 23.5. The van der Waals surface area contributed by atoms with Crippen LogP contribution in [-0.4, -0.2) is 61.6 Å². The van der Waals surface area contributed by atoms with E-state index in [1.807, 2.05) is 37.3 Å². The highest BCUT2D eigenvalue weighted by Crippen LogP contribution is 2.18. The second-order valence-corrected chi connectivity index (χ2v) is 7.86. The molecule has 176 valence electrons. The van der Waals surface area contributed by atoms with Crippen LogP contribution in [0.25, 0.3) is 0 Å². The standard InChI is InChI=1S/C25H31N3O5/c1-2-14-33-24(30)17-22-25(31)26-12-13-28(22)18-23(29)27-20-9-6-10-21(16-20)32-15-11-19-7-4-3-5-8-19/h3-10,16,22H,2,11-15,17-18H2,1H3,(H,26,31)(H,27,29). The number of rotatable bonds is 11. The Hall–Kier alpha value is -3.39. The molecule has 1 aliphatic heterocycles. The summed E-state index contributed by atoms with van der Waals surface area (Å²) in [5.41, 5.74) is 1.80. The van der Waals surface area contributed by atoms with Crippen LogP contribution in [0.1, 0.15) is 25.3 Å². The van der Waals surface area contributed by atoms with Gasteiger partial charge in [0.1, 0.15) is 11.8 Å². The van der Waals surface area contributed by atoms with Gasteiger partial charge < -0.3 is 20.1 Å². The van der Waals surface area contributed by atoms with Crippen molar-refractivity contribution >= 4 is 23.5 Å². The van der Waals surface area contributed by atoms with Gasteiger partial charge in [-0.25, -0.2) is 0 Å². The number of benzene rings is 2. The Morgan fingerprint density at radius 1 is 1.12 bits per heavy atom. The second-order valence-electron chi connectivity index (χ2n) is 7.86. The molecule has 0 spiro atoms. The molecule has 0 aromatic heterocycles. The highest BCUT2D eigenvalue weighted by atomic mass is 16.5. The van der Waals surface area contributed by atoms with E-state index < -0.39 is 12.0 Å². The van der Waals surface area contributed by atoms with Crippen LogP contribution < -0.4 is 15.4 Å². The summed E-state index contributed by atoms with van der Waals surface area (Å²) in [7, 11) is 0. The Balaban J connectivity index is 1.51. The molecule has 8 heteroatoms. The fourth-order valence-corrected chi connectivity index (χ4v) is 3.59. The molecular formula is C25H31N3O5. The maximum absolute atomic E-state index is 12.7. The van der Waals surface area contributed by atoms with Crippen LogP contribution in [0.2, 0.25) is 0 Å². The Morgan fingerprint density at radius 3 is 2.73 bits per heavy atom. The van der Waals surface area contributed by atoms with Crippen molar-refractivity contribution in [3.8, 4) is 5.75 Å². The molecule has 1 fully saturated rings. The van der Waals surface area contributed by atoms with E-state index >= 15 is 0 Å². The molecule has 2 aromatic carbocycles. The summed E-state index contributed by atoms with van der Waals surface area (Å²) in [5.74, 6) is -0.309. The first-order valence-corrected chi connectivity index (χ1v) is 11.3. The number of ether oxygens (including phenoxy) is 2. The molecule has 1 aliphatic rings. The van der Waals surface area contributed by atoms with E-state index in [0.717, 1.165) is 6.42 Å². The number of carbonyl (C=O) groups is 3. The summed E-state index contributed by atoms with van der Waals surface area (Å²) in [5, 5.41) is 5.60. The lowest BCUT2D eigenvalue weighted by Gasteiger charge is -2.33. The molecule has 0 radical (unpaired) electrons. The van der Waals surface area contributed by atoms with Crippen molar-refractivity contribution in [2.24, 2.45) is 0 Å². The van der Waals surface area contributed by atoms with E-state index in [-0.39, 0.29) is 24.8 Å². The van der Waals surface area contributed by atoms with Gasteiger partial charge in [-0.2, -0.15) is 0 Å². The number of hydrogen-bond acceptors (Lipinski definition) is 6. The second kappa shape index (κ2) is 12.6. The van der Waals surface area contributed by atoms with Gasteiger partial charge in [0.25, 0.3) is 0 Å². The average Bonchev–Trinajstić information content (AvgIpc) is 2.81. The highest BCUT2D eigenvalue weighted by molar-refractivity contribution is 5.93. The molecule has 2 N–H and O–H groups in total. The molecule has 1 unspecified atom stereocenters. The molecule has 8 nitrogen and oxygen atoms in total. The van der Waals surface area contributed by atoms with Gasteiger partial charge >= 0.3 is 5.97 Å². The predicted molar refractivity (Wildman–Crippen MR) is 125 cm³/mol. The molecule has 0 aliphatic carbocycles. The van der Waals surface area contributed by atoms with Crippen molar-refractivity contribution in [3.05, 3.63) is 60.2 Å². The van der Waals surface area contributed by atoms with Crippen molar-refractivity contribution < 1.29 is 23.9 Å². The molecule has 33 heavy (non-hydrogen) atoms. The van der Waals surface area contributed by atoms with Gasteiger partial charge in [-0.3, -0.25) is 19.3 Å². The minimum Gasteiger partial charge on any atom is -0.493 e. The van der Waals surface area contributed by atoms with Crippen LogP contribution >= 0.6 is 0 Å². The average molecular weight is 454 g/mol. The van der Waals surface area contributed by atoms with E-state index in [1.54, 1.807) is 17.0 Å². The van der Waals surface area contributed by atoms with Gasteiger partial charge in [-0.05, 0) is 24.1 Å². The quantitative estimate of drug-likeness (QED) is 0.507. The van der Waals surface area contributed by atoms with Crippen LogP contribution in [0.5, 0.6) is 5.75 Å². The van der Waals surface area contributed by atoms with E-state index in [1.165, 1.54) is 5.56 Å². The third-order valence-corrected chi connectivity index (χ3v) is 5.24. The van der Waals surface area contributed by atoms with Crippen LogP contribution in [0.3, 0.4) is 0 Å². The van der Waals surface area contributed by atoms with Crippen LogP contribution in [-0.2, 0) is 25.5 Å². The maximum Gasteiger partial charge on any atom is 0.307 e. The third-order valence-electron chi connectivity index (χ3n) is 5.24. The Kier molecular flexibility index (Phi) is 9.26. The fraction of sp³-hybridized carbons (Fsp3) is 0.400. The van der Waals surface area contributed by atoms with E-state index in [4.69, 9.17) is 9.47 Å². The Bertz CT molecular complexity index is 935. The molecule has 0 bridgehead atoms. The minimum atomic E-state index is -0.721. The van der Waals surface area contributed by atoms with E-state index in [0.29, 0.717) is 44.2 Å². The molecule has 1 heterocycles. The van der Waals surface area contributed by atoms with Gasteiger partial charge in [0.15, 0.2) is 0 Å². The lowest BCUT2D eigenvalue weighted by molar-refractivity contribution is -0.148. The first-order chi connectivity index (χ1) is 16.0. The number of nitrogens with one attached hydrogen (secondary N) is 2. The van der Waals surface area contributed by atoms with Crippen molar-refractivity contribution in [2.45, 2.75) is 32.2 Å². The van der Waals surface area contributed by atoms with Crippen LogP contribution in [0, 0.1) is 0 Å². The molecule has 2 aromatic rings. The zero-order valence-corrected chi connectivity index (χ0v) is 18.9. The summed E-state index contributed by atoms with van der Waals surface area (Å²) in [4.78, 5) is 38.7. The summed E-state index contributed by atoms with van der Waals surface area (Å²) in [6.45, 7) is 3.65. The maximum atomic E-state index is 12.7. The number of hydrogen-bond donors (Lipinski definition) is 2. The predicted octanol–water partition coefficient (Wildman–Crippen LogP) is 2.39. The van der Waals surface area contributed by atoms with Crippen LogP contribution in [0.4, 0.5) is 5.69 Å². The number of nitrogens with zero attached hydrogens (tertiary/aromatic N) is 1. The molecular weight excluding hydrogens is 422 g/mol. The summed E-state index contributed by atoms with van der Waals surface area (Å²) >= 11 is 0. The number of amides is 2. The third kappa shape index (κ3) is 7.91. The highest BCUT2D eigenvalue weighted by Gasteiger charge is 2.33. The van der Waals surface area contributed by atoms with E-state index in [2.05, 4.69) is 22.8 Å². The summed E-state index contributed by atoms with van der Waals surface area (Å²) in [6, 6.07) is 16.6. The van der Waals surface area contributed by atoms with Gasteiger partial charge in [-0.15, -0.1) is 0 Å². The first-order valence-electron chi connectivity index (χ1n) is 11.3. The molecule has 0 saturated carbocycles. The topological polar surface area (TPSA) is 97.0 Å². The number of piperazine rings is 1. The first kappa shape index (κ1) is 24.3. The van der Waals surface area contributed by atoms with Gasteiger partial charge in [0.2, 0.25) is 11.8 Å². The van der Waals surface area contributed by atoms with Gasteiger partial charge in [0.05, 0.1) is 26.2 Å². The van der Waals surface area contributed by atoms with E-state index in [9.17, 15) is 14.4 Å². The van der Waals surface area contributed by atoms with Gasteiger partial charge in [-0.1, -0.05) is 43.3 Å². The lowest BCUT2D eigenvalue weighted by atomic mass is 10.1. The zero-order valence-electron chi connectivity index (χ0n) is 18.9. The summed E-state index contributed by atoms with van der Waals surface area (Å²) in [6.07, 6.45) is 1.42. The lowest BCUT2D eigenvalue weighted by Crippen LogP contribution is -2.57. The van der Waals surface area contributed by atoms with Gasteiger partial charge in [0, 0.05) is 31.3 Å². The normalized spacial score (nSPS) is 16.0.